The average Bonchev–Trinajstić information content (AvgIpc) is 3.01. The molecule has 0 saturated heterocycles. The van der Waals surface area contributed by atoms with Crippen LogP contribution in [0.5, 0.6) is 0 Å². The van der Waals surface area contributed by atoms with E-state index in [4.69, 9.17) is 5.73 Å². The summed E-state index contributed by atoms with van der Waals surface area (Å²) in [6.07, 6.45) is 1.09. The van der Waals surface area contributed by atoms with Crippen LogP contribution in [0.15, 0.2) is 24.3 Å². The fraction of sp³-hybridized carbons (Fsp3) is 0.267. The van der Waals surface area contributed by atoms with Gasteiger partial charge in [0.05, 0.1) is 26.6 Å². The quantitative estimate of drug-likeness (QED) is 0.701. The van der Waals surface area contributed by atoms with Gasteiger partial charge in [0.1, 0.15) is 0 Å². The number of aryl methyl sites for hydroxylation is 2. The Morgan fingerprint density at radius 2 is 2.00 bits per heavy atom. The number of anilines is 2. The third-order valence-electron chi connectivity index (χ3n) is 3.19. The monoisotopic (exact) mass is 303 g/mol. The van der Waals surface area contributed by atoms with Crippen molar-refractivity contribution in [2.45, 2.75) is 26.8 Å². The summed E-state index contributed by atoms with van der Waals surface area (Å²) >= 11 is 3.53. The van der Waals surface area contributed by atoms with Gasteiger partial charge in [-0.1, -0.05) is 6.92 Å². The Kier molecular flexibility index (Phi) is 3.63. The van der Waals surface area contributed by atoms with Crippen molar-refractivity contribution in [1.82, 2.24) is 4.98 Å². The lowest BCUT2D eigenvalue weighted by atomic mass is 10.2. The molecule has 20 heavy (non-hydrogen) atoms. The first kappa shape index (κ1) is 13.4. The van der Waals surface area contributed by atoms with Gasteiger partial charge in [0.2, 0.25) is 0 Å². The van der Waals surface area contributed by atoms with Gasteiger partial charge in [0.15, 0.2) is 0 Å². The minimum atomic E-state index is 0.786. The van der Waals surface area contributed by atoms with Crippen molar-refractivity contribution in [1.29, 1.82) is 0 Å². The maximum atomic E-state index is 6.11. The highest BCUT2D eigenvalue weighted by Gasteiger charge is 2.06. The molecule has 1 aromatic carbocycles. The van der Waals surface area contributed by atoms with Gasteiger partial charge in [0.25, 0.3) is 0 Å². The minimum absolute atomic E-state index is 0.786. The molecule has 0 unspecified atom stereocenters. The maximum Gasteiger partial charge on any atom is 0.0907 e. The first-order valence-electron chi connectivity index (χ1n) is 6.64. The molecule has 0 aliphatic rings. The normalized spacial score (nSPS) is 11.1. The molecule has 0 amide bonds. The van der Waals surface area contributed by atoms with Gasteiger partial charge in [-0.2, -0.15) is 0 Å². The number of thiophene rings is 1. The highest BCUT2D eigenvalue weighted by atomic mass is 32.1. The van der Waals surface area contributed by atoms with E-state index in [1.54, 1.807) is 11.3 Å². The molecule has 0 saturated carbocycles. The molecule has 104 valence electrons. The van der Waals surface area contributed by atoms with Gasteiger partial charge in [-0.25, -0.2) is 4.98 Å². The molecule has 2 aromatic heterocycles. The van der Waals surface area contributed by atoms with Gasteiger partial charge >= 0.3 is 0 Å². The summed E-state index contributed by atoms with van der Waals surface area (Å²) in [4.78, 5) is 7.26. The number of fused-ring (bicyclic) bond motifs is 1. The smallest absolute Gasteiger partial charge is 0.0907 e. The molecule has 5 heteroatoms. The van der Waals surface area contributed by atoms with Crippen LogP contribution in [0.25, 0.3) is 10.2 Å². The van der Waals surface area contributed by atoms with E-state index in [1.165, 1.54) is 9.75 Å². The molecule has 0 spiro atoms. The zero-order chi connectivity index (χ0) is 14.1. The number of thiazole rings is 1. The highest BCUT2D eigenvalue weighted by Crippen LogP contribution is 2.30. The van der Waals surface area contributed by atoms with E-state index in [9.17, 15) is 0 Å². The number of nitrogen functional groups attached to an aromatic ring is 1. The zero-order valence-corrected chi connectivity index (χ0v) is 13.2. The van der Waals surface area contributed by atoms with Crippen molar-refractivity contribution >= 4 is 44.3 Å². The number of hydrogen-bond donors (Lipinski definition) is 2. The van der Waals surface area contributed by atoms with Crippen molar-refractivity contribution in [3.63, 3.8) is 0 Å². The third kappa shape index (κ3) is 2.64. The van der Waals surface area contributed by atoms with Crippen molar-refractivity contribution < 1.29 is 0 Å². The summed E-state index contributed by atoms with van der Waals surface area (Å²) < 4.78 is 1.15. The van der Waals surface area contributed by atoms with E-state index < -0.39 is 0 Å². The van der Waals surface area contributed by atoms with Crippen LogP contribution in [-0.2, 0) is 13.0 Å². The summed E-state index contributed by atoms with van der Waals surface area (Å²) in [5.41, 5.74) is 8.88. The molecule has 3 aromatic rings. The van der Waals surface area contributed by atoms with Crippen molar-refractivity contribution in [3.8, 4) is 0 Å². The van der Waals surface area contributed by atoms with E-state index in [2.05, 4.69) is 29.4 Å². The molecular weight excluding hydrogens is 286 g/mol. The Hall–Kier alpha value is -1.59. The van der Waals surface area contributed by atoms with Gasteiger partial charge in [-0.3, -0.25) is 0 Å². The highest BCUT2D eigenvalue weighted by molar-refractivity contribution is 7.18. The molecule has 3 nitrogen and oxygen atoms in total. The number of benzene rings is 1. The average molecular weight is 303 g/mol. The maximum absolute atomic E-state index is 6.11. The van der Waals surface area contributed by atoms with Gasteiger partial charge in [-0.05, 0) is 37.6 Å². The van der Waals surface area contributed by atoms with E-state index in [0.29, 0.717) is 0 Å². The second-order valence-electron chi connectivity index (χ2n) is 4.72. The largest absolute Gasteiger partial charge is 0.397 e. The second kappa shape index (κ2) is 5.42. The van der Waals surface area contributed by atoms with Crippen LogP contribution in [0.3, 0.4) is 0 Å². The topological polar surface area (TPSA) is 50.9 Å². The predicted octanol–water partition coefficient (Wildman–Crippen LogP) is 4.42. The van der Waals surface area contributed by atoms with E-state index in [0.717, 1.165) is 39.6 Å². The molecule has 2 heterocycles. The fourth-order valence-electron chi connectivity index (χ4n) is 2.15. The predicted molar refractivity (Wildman–Crippen MR) is 89.8 cm³/mol. The van der Waals surface area contributed by atoms with Crippen LogP contribution in [0.4, 0.5) is 11.4 Å². The van der Waals surface area contributed by atoms with Crippen LogP contribution >= 0.6 is 22.7 Å². The molecule has 3 N–H and O–H groups in total. The Morgan fingerprint density at radius 3 is 2.75 bits per heavy atom. The fourth-order valence-corrected chi connectivity index (χ4v) is 3.90. The molecule has 0 radical (unpaired) electrons. The Labute approximate surface area is 126 Å². The molecule has 0 atom stereocenters. The van der Waals surface area contributed by atoms with Crippen LogP contribution in [0.2, 0.25) is 0 Å². The summed E-state index contributed by atoms with van der Waals surface area (Å²) in [7, 11) is 0. The van der Waals surface area contributed by atoms with Crippen LogP contribution in [0.1, 0.15) is 21.7 Å². The number of nitrogens with two attached hydrogens (primary N) is 1. The van der Waals surface area contributed by atoms with E-state index in [1.807, 2.05) is 30.4 Å². The Balaban J connectivity index is 1.81. The van der Waals surface area contributed by atoms with E-state index in [-0.39, 0.29) is 0 Å². The van der Waals surface area contributed by atoms with Crippen LogP contribution < -0.4 is 11.1 Å². The summed E-state index contributed by atoms with van der Waals surface area (Å²) in [5.74, 6) is 0. The SMILES string of the molecule is CCc1ccc(CNc2cc3nc(C)sc3cc2N)s1. The molecule has 3 rings (SSSR count). The number of aromatic nitrogens is 1. The van der Waals surface area contributed by atoms with E-state index >= 15 is 0 Å². The molecule has 0 aliphatic heterocycles. The third-order valence-corrected chi connectivity index (χ3v) is 5.35. The lowest BCUT2D eigenvalue weighted by Gasteiger charge is -2.08. The number of hydrogen-bond acceptors (Lipinski definition) is 5. The summed E-state index contributed by atoms with van der Waals surface area (Å²) in [5, 5.41) is 4.49. The number of nitrogens with zero attached hydrogens (tertiary/aromatic N) is 1. The first-order chi connectivity index (χ1) is 9.65. The van der Waals surface area contributed by atoms with Gasteiger partial charge in [-0.15, -0.1) is 22.7 Å². The summed E-state index contributed by atoms with van der Waals surface area (Å²) in [6, 6.07) is 8.42. The first-order valence-corrected chi connectivity index (χ1v) is 8.27. The lowest BCUT2D eigenvalue weighted by Crippen LogP contribution is -2.01. The van der Waals surface area contributed by atoms with Gasteiger partial charge in [0, 0.05) is 16.3 Å². The molecular formula is C15H17N3S2. The van der Waals surface area contributed by atoms with Crippen molar-refractivity contribution in [2.24, 2.45) is 0 Å². The van der Waals surface area contributed by atoms with Crippen molar-refractivity contribution in [3.05, 3.63) is 39.0 Å². The molecule has 0 aliphatic carbocycles. The lowest BCUT2D eigenvalue weighted by molar-refractivity contribution is 1.19. The Morgan fingerprint density at radius 1 is 1.20 bits per heavy atom. The standard InChI is InChI=1S/C15H17N3S2/c1-3-10-4-5-11(20-10)8-17-13-7-14-15(6-12(13)16)19-9(2)18-14/h4-7,17H,3,8,16H2,1-2H3. The number of nitrogens with one attached hydrogen (secondary N) is 1. The summed E-state index contributed by atoms with van der Waals surface area (Å²) in [6.45, 7) is 5.01. The van der Waals surface area contributed by atoms with Gasteiger partial charge < -0.3 is 11.1 Å². The minimum Gasteiger partial charge on any atom is -0.397 e. The number of rotatable bonds is 4. The van der Waals surface area contributed by atoms with Crippen LogP contribution in [0, 0.1) is 6.92 Å². The van der Waals surface area contributed by atoms with Crippen LogP contribution in [-0.4, -0.2) is 4.98 Å². The zero-order valence-electron chi connectivity index (χ0n) is 11.6. The second-order valence-corrected chi connectivity index (χ2v) is 7.20. The van der Waals surface area contributed by atoms with Crippen molar-refractivity contribution in [2.75, 3.05) is 11.1 Å². The Bertz CT molecular complexity index is 743. The molecule has 0 fully saturated rings. The molecule has 0 bridgehead atoms.